The average molecular weight is 366 g/mol. The van der Waals surface area contributed by atoms with Crippen molar-refractivity contribution >= 4 is 16.7 Å². The summed E-state index contributed by atoms with van der Waals surface area (Å²) >= 11 is 0. The molecule has 0 atom stereocenters. The minimum absolute atomic E-state index is 0.207. The predicted molar refractivity (Wildman–Crippen MR) is 104 cm³/mol. The molecule has 1 saturated heterocycles. The Balaban J connectivity index is 1.50. The van der Waals surface area contributed by atoms with E-state index in [2.05, 4.69) is 10.2 Å². The van der Waals surface area contributed by atoms with Crippen LogP contribution in [0, 0.1) is 5.82 Å². The lowest BCUT2D eigenvalue weighted by molar-refractivity contribution is 0.0331. The topological polar surface area (TPSA) is 50.3 Å². The van der Waals surface area contributed by atoms with E-state index < -0.39 is 0 Å². The van der Waals surface area contributed by atoms with Crippen molar-refractivity contribution in [1.82, 2.24) is 14.9 Å². The van der Waals surface area contributed by atoms with Crippen molar-refractivity contribution in [3.05, 3.63) is 65.7 Å². The number of anilines is 1. The van der Waals surface area contributed by atoms with Gasteiger partial charge in [0.2, 0.25) is 0 Å². The number of aromatic nitrogens is 2. The van der Waals surface area contributed by atoms with Gasteiger partial charge in [-0.15, -0.1) is 0 Å². The molecule has 1 aliphatic rings. The van der Waals surface area contributed by atoms with Crippen molar-refractivity contribution in [3.63, 3.8) is 0 Å². The lowest BCUT2D eigenvalue weighted by atomic mass is 10.1. The van der Waals surface area contributed by atoms with E-state index in [9.17, 15) is 4.39 Å². The molecule has 5 nitrogen and oxygen atoms in total. The van der Waals surface area contributed by atoms with Gasteiger partial charge >= 0.3 is 0 Å². The minimum atomic E-state index is -0.207. The Bertz CT molecular complexity index is 894. The number of para-hydroxylation sites is 1. The highest BCUT2D eigenvalue weighted by atomic mass is 19.1. The van der Waals surface area contributed by atoms with E-state index in [1.54, 1.807) is 0 Å². The van der Waals surface area contributed by atoms with Gasteiger partial charge in [0.1, 0.15) is 17.5 Å². The van der Waals surface area contributed by atoms with Gasteiger partial charge in [-0.1, -0.05) is 24.3 Å². The summed E-state index contributed by atoms with van der Waals surface area (Å²) < 4.78 is 18.5. The SMILES string of the molecule is Fc1ccc(CCNc2nc(CN3CCOCC3)nc3ccccc23)cc1. The molecule has 0 amide bonds. The number of nitrogens with zero attached hydrogens (tertiary/aromatic N) is 3. The Hall–Kier alpha value is -2.57. The Kier molecular flexibility index (Phi) is 5.55. The highest BCUT2D eigenvalue weighted by Crippen LogP contribution is 2.21. The van der Waals surface area contributed by atoms with Crippen LogP contribution in [0.15, 0.2) is 48.5 Å². The van der Waals surface area contributed by atoms with Crippen LogP contribution in [0.2, 0.25) is 0 Å². The molecule has 0 saturated carbocycles. The highest BCUT2D eigenvalue weighted by molar-refractivity contribution is 5.88. The molecule has 2 aromatic carbocycles. The number of halogens is 1. The number of benzene rings is 2. The molecule has 27 heavy (non-hydrogen) atoms. The van der Waals surface area contributed by atoms with Crippen LogP contribution in [0.25, 0.3) is 10.9 Å². The van der Waals surface area contributed by atoms with Gasteiger partial charge in [-0.2, -0.15) is 0 Å². The van der Waals surface area contributed by atoms with Crippen molar-refractivity contribution in [2.75, 3.05) is 38.2 Å². The van der Waals surface area contributed by atoms with Gasteiger partial charge < -0.3 is 10.1 Å². The van der Waals surface area contributed by atoms with Crippen LogP contribution in [-0.4, -0.2) is 47.7 Å². The first-order valence-electron chi connectivity index (χ1n) is 9.32. The quantitative estimate of drug-likeness (QED) is 0.726. The summed E-state index contributed by atoms with van der Waals surface area (Å²) in [5.74, 6) is 1.46. The molecule has 0 spiro atoms. The number of hydrogen-bond acceptors (Lipinski definition) is 5. The minimum Gasteiger partial charge on any atom is -0.379 e. The number of hydrogen-bond donors (Lipinski definition) is 1. The second-order valence-electron chi connectivity index (χ2n) is 6.70. The first-order valence-corrected chi connectivity index (χ1v) is 9.32. The van der Waals surface area contributed by atoms with Crippen molar-refractivity contribution in [2.24, 2.45) is 0 Å². The largest absolute Gasteiger partial charge is 0.379 e. The first kappa shape index (κ1) is 17.8. The standard InChI is InChI=1S/C21H23FN4O/c22-17-7-5-16(6-8-17)9-10-23-21-18-3-1-2-4-19(18)24-20(25-21)15-26-11-13-27-14-12-26/h1-8H,9-15H2,(H,23,24,25). The van der Waals surface area contributed by atoms with Gasteiger partial charge in [-0.25, -0.2) is 14.4 Å². The zero-order valence-electron chi connectivity index (χ0n) is 15.2. The Morgan fingerprint density at radius 1 is 1.00 bits per heavy atom. The lowest BCUT2D eigenvalue weighted by Crippen LogP contribution is -2.36. The first-order chi connectivity index (χ1) is 13.3. The smallest absolute Gasteiger partial charge is 0.145 e. The second-order valence-corrected chi connectivity index (χ2v) is 6.70. The molecule has 4 rings (SSSR count). The molecule has 6 heteroatoms. The van der Waals surface area contributed by atoms with Gasteiger partial charge in [0.05, 0.1) is 25.3 Å². The maximum atomic E-state index is 13.0. The number of morpholine rings is 1. The molecular weight excluding hydrogens is 343 g/mol. The molecular formula is C21H23FN4O. The van der Waals surface area contributed by atoms with E-state index in [1.165, 1.54) is 12.1 Å². The Labute approximate surface area is 158 Å². The van der Waals surface area contributed by atoms with Gasteiger partial charge in [0.25, 0.3) is 0 Å². The fourth-order valence-corrected chi connectivity index (χ4v) is 3.27. The summed E-state index contributed by atoms with van der Waals surface area (Å²) in [6.07, 6.45) is 0.803. The predicted octanol–water partition coefficient (Wildman–Crippen LogP) is 3.26. The molecule has 0 radical (unpaired) electrons. The molecule has 3 aromatic rings. The number of nitrogens with one attached hydrogen (secondary N) is 1. The van der Waals surface area contributed by atoms with Crippen molar-refractivity contribution in [2.45, 2.75) is 13.0 Å². The molecule has 140 valence electrons. The van der Waals surface area contributed by atoms with E-state index in [4.69, 9.17) is 14.7 Å². The van der Waals surface area contributed by atoms with E-state index >= 15 is 0 Å². The summed E-state index contributed by atoms with van der Waals surface area (Å²) in [5.41, 5.74) is 2.04. The molecule has 1 N–H and O–H groups in total. The van der Waals surface area contributed by atoms with Crippen molar-refractivity contribution in [3.8, 4) is 0 Å². The van der Waals surface area contributed by atoms with Crippen LogP contribution in [0.4, 0.5) is 10.2 Å². The highest BCUT2D eigenvalue weighted by Gasteiger charge is 2.14. The summed E-state index contributed by atoms with van der Waals surface area (Å²) in [5, 5.41) is 4.46. The summed E-state index contributed by atoms with van der Waals surface area (Å²) in [4.78, 5) is 11.8. The van der Waals surface area contributed by atoms with Crippen LogP contribution in [0.5, 0.6) is 0 Å². The van der Waals surface area contributed by atoms with Crippen molar-refractivity contribution < 1.29 is 9.13 Å². The van der Waals surface area contributed by atoms with Gasteiger partial charge in [0, 0.05) is 25.0 Å². The van der Waals surface area contributed by atoms with Crippen LogP contribution in [0.1, 0.15) is 11.4 Å². The maximum Gasteiger partial charge on any atom is 0.145 e. The van der Waals surface area contributed by atoms with Crippen LogP contribution in [0.3, 0.4) is 0 Å². The third-order valence-electron chi connectivity index (χ3n) is 4.74. The average Bonchev–Trinajstić information content (AvgIpc) is 2.70. The van der Waals surface area contributed by atoms with Gasteiger partial charge in [-0.3, -0.25) is 4.90 Å². The summed E-state index contributed by atoms with van der Waals surface area (Å²) in [6, 6.07) is 14.7. The third-order valence-corrected chi connectivity index (χ3v) is 4.74. The number of ether oxygens (including phenoxy) is 1. The lowest BCUT2D eigenvalue weighted by Gasteiger charge is -2.26. The zero-order valence-corrected chi connectivity index (χ0v) is 15.2. The van der Waals surface area contributed by atoms with Gasteiger partial charge in [-0.05, 0) is 36.2 Å². The summed E-state index contributed by atoms with van der Waals surface area (Å²) in [6.45, 7) is 4.78. The molecule has 2 heterocycles. The molecule has 0 aliphatic carbocycles. The number of rotatable bonds is 6. The monoisotopic (exact) mass is 366 g/mol. The van der Waals surface area contributed by atoms with E-state index in [0.29, 0.717) is 0 Å². The number of fused-ring (bicyclic) bond motifs is 1. The fourth-order valence-electron chi connectivity index (χ4n) is 3.27. The molecule has 0 unspecified atom stereocenters. The normalized spacial score (nSPS) is 15.1. The van der Waals surface area contributed by atoms with Crippen LogP contribution < -0.4 is 5.32 Å². The molecule has 1 fully saturated rings. The Morgan fingerprint density at radius 3 is 2.59 bits per heavy atom. The van der Waals surface area contributed by atoms with E-state index in [0.717, 1.165) is 73.9 Å². The molecule has 0 bridgehead atoms. The summed E-state index contributed by atoms with van der Waals surface area (Å²) in [7, 11) is 0. The van der Waals surface area contributed by atoms with Crippen LogP contribution >= 0.6 is 0 Å². The van der Waals surface area contributed by atoms with E-state index in [-0.39, 0.29) is 5.82 Å². The van der Waals surface area contributed by atoms with Gasteiger partial charge in [0.15, 0.2) is 0 Å². The Morgan fingerprint density at radius 2 is 1.78 bits per heavy atom. The van der Waals surface area contributed by atoms with Crippen LogP contribution in [-0.2, 0) is 17.7 Å². The zero-order chi connectivity index (χ0) is 18.5. The maximum absolute atomic E-state index is 13.0. The molecule has 1 aliphatic heterocycles. The fraction of sp³-hybridized carbons (Fsp3) is 0.333. The second kappa shape index (κ2) is 8.41. The van der Waals surface area contributed by atoms with E-state index in [1.807, 2.05) is 36.4 Å². The van der Waals surface area contributed by atoms with Crippen molar-refractivity contribution in [1.29, 1.82) is 0 Å². The third kappa shape index (κ3) is 4.59. The molecule has 1 aromatic heterocycles.